The molecule has 0 bridgehead atoms. The Morgan fingerprint density at radius 1 is 1.19 bits per heavy atom. The Morgan fingerprint density at radius 2 is 1.92 bits per heavy atom. The predicted molar refractivity (Wildman–Crippen MR) is 102 cm³/mol. The standard InChI is InChI=1S/C22H28N2O2/c1-15-12-19(16(2)23(15)3)21(25)24-13-17-8-7-11-22(26,20(17)14-24)18-9-5-4-6-10-18/h4-6,9-10,12,17,20,26H,7-8,11,13-14H2,1-3H3/t17-,20+,22+/m0/s1. The third-order valence-corrected chi connectivity index (χ3v) is 6.75. The van der Waals surface area contributed by atoms with Crippen molar-refractivity contribution in [3.8, 4) is 0 Å². The second-order valence-corrected chi connectivity index (χ2v) is 8.10. The highest BCUT2D eigenvalue weighted by Gasteiger charge is 2.50. The fourth-order valence-corrected chi connectivity index (χ4v) is 5.02. The summed E-state index contributed by atoms with van der Waals surface area (Å²) in [5, 5.41) is 11.5. The molecule has 3 atom stereocenters. The molecule has 1 aliphatic carbocycles. The van der Waals surface area contributed by atoms with Crippen LogP contribution >= 0.6 is 0 Å². The van der Waals surface area contributed by atoms with Gasteiger partial charge in [0, 0.05) is 37.4 Å². The number of aryl methyl sites for hydroxylation is 1. The molecule has 1 amide bonds. The number of carbonyl (C=O) groups excluding carboxylic acids is 1. The Kier molecular flexibility index (Phi) is 4.19. The second kappa shape index (κ2) is 6.27. The average Bonchev–Trinajstić information content (AvgIpc) is 3.20. The van der Waals surface area contributed by atoms with Crippen molar-refractivity contribution in [1.82, 2.24) is 9.47 Å². The summed E-state index contributed by atoms with van der Waals surface area (Å²) in [4.78, 5) is 15.1. The van der Waals surface area contributed by atoms with Crippen LogP contribution in [0.2, 0.25) is 0 Å². The van der Waals surface area contributed by atoms with Gasteiger partial charge in [0.1, 0.15) is 0 Å². The molecule has 1 saturated carbocycles. The molecule has 4 nitrogen and oxygen atoms in total. The van der Waals surface area contributed by atoms with Gasteiger partial charge in [0.05, 0.1) is 11.2 Å². The molecule has 2 fully saturated rings. The number of hydrogen-bond acceptors (Lipinski definition) is 2. The maximum atomic E-state index is 13.2. The molecule has 1 saturated heterocycles. The Labute approximate surface area is 155 Å². The summed E-state index contributed by atoms with van der Waals surface area (Å²) < 4.78 is 2.07. The van der Waals surface area contributed by atoms with Gasteiger partial charge in [-0.15, -0.1) is 0 Å². The number of aliphatic hydroxyl groups is 1. The van der Waals surface area contributed by atoms with E-state index in [0.29, 0.717) is 12.5 Å². The van der Waals surface area contributed by atoms with E-state index in [1.165, 1.54) is 0 Å². The van der Waals surface area contributed by atoms with Crippen LogP contribution in [0.5, 0.6) is 0 Å². The first-order chi connectivity index (χ1) is 12.4. The number of nitrogens with zero attached hydrogens (tertiary/aromatic N) is 2. The third-order valence-electron chi connectivity index (χ3n) is 6.75. The number of fused-ring (bicyclic) bond motifs is 1. The van der Waals surface area contributed by atoms with Gasteiger partial charge < -0.3 is 14.6 Å². The lowest BCUT2D eigenvalue weighted by atomic mass is 9.67. The topological polar surface area (TPSA) is 45.5 Å². The van der Waals surface area contributed by atoms with Crippen LogP contribution in [0, 0.1) is 25.7 Å². The number of benzene rings is 1. The van der Waals surface area contributed by atoms with Crippen LogP contribution in [0.25, 0.3) is 0 Å². The van der Waals surface area contributed by atoms with Crippen LogP contribution in [-0.4, -0.2) is 33.6 Å². The molecule has 2 aliphatic rings. The number of hydrogen-bond donors (Lipinski definition) is 1. The lowest BCUT2D eigenvalue weighted by Gasteiger charge is -2.41. The lowest BCUT2D eigenvalue weighted by molar-refractivity contribution is -0.0644. The SMILES string of the molecule is Cc1cc(C(=O)N2C[C@@H]3CCC[C@@](O)(c4ccccc4)[C@@H]3C2)c(C)n1C. The molecule has 2 aromatic rings. The van der Waals surface area contributed by atoms with E-state index in [0.717, 1.165) is 48.3 Å². The minimum Gasteiger partial charge on any atom is -0.385 e. The Bertz CT molecular complexity index is 826. The quantitative estimate of drug-likeness (QED) is 0.900. The summed E-state index contributed by atoms with van der Waals surface area (Å²) in [5.41, 5.74) is 3.09. The van der Waals surface area contributed by atoms with Crippen molar-refractivity contribution in [3.05, 3.63) is 58.9 Å². The van der Waals surface area contributed by atoms with E-state index in [2.05, 4.69) is 4.57 Å². The zero-order chi connectivity index (χ0) is 18.5. The highest BCUT2D eigenvalue weighted by molar-refractivity contribution is 5.96. The monoisotopic (exact) mass is 352 g/mol. The molecule has 1 N–H and O–H groups in total. The van der Waals surface area contributed by atoms with E-state index in [1.54, 1.807) is 0 Å². The van der Waals surface area contributed by atoms with E-state index >= 15 is 0 Å². The number of aromatic nitrogens is 1. The molecule has 26 heavy (non-hydrogen) atoms. The van der Waals surface area contributed by atoms with Crippen LogP contribution in [-0.2, 0) is 12.6 Å². The molecule has 138 valence electrons. The first-order valence-corrected chi connectivity index (χ1v) is 9.62. The van der Waals surface area contributed by atoms with E-state index in [-0.39, 0.29) is 11.8 Å². The molecular formula is C22H28N2O2. The maximum Gasteiger partial charge on any atom is 0.255 e. The summed E-state index contributed by atoms with van der Waals surface area (Å²) >= 11 is 0. The minimum atomic E-state index is -0.819. The van der Waals surface area contributed by atoms with Gasteiger partial charge >= 0.3 is 0 Å². The summed E-state index contributed by atoms with van der Waals surface area (Å²) in [6.07, 6.45) is 2.89. The first-order valence-electron chi connectivity index (χ1n) is 9.62. The van der Waals surface area contributed by atoms with Gasteiger partial charge in [-0.05, 0) is 50.7 Å². The molecule has 0 spiro atoms. The number of likely N-dealkylation sites (tertiary alicyclic amines) is 1. The smallest absolute Gasteiger partial charge is 0.255 e. The Hall–Kier alpha value is -2.07. The molecule has 0 radical (unpaired) electrons. The van der Waals surface area contributed by atoms with Crippen molar-refractivity contribution in [2.45, 2.75) is 38.7 Å². The van der Waals surface area contributed by atoms with Gasteiger partial charge in [-0.3, -0.25) is 4.79 Å². The van der Waals surface area contributed by atoms with E-state index in [4.69, 9.17) is 0 Å². The molecule has 0 unspecified atom stereocenters. The van der Waals surface area contributed by atoms with Crippen molar-refractivity contribution in [2.24, 2.45) is 18.9 Å². The Morgan fingerprint density at radius 3 is 2.58 bits per heavy atom. The number of rotatable bonds is 2. The third kappa shape index (κ3) is 2.59. The zero-order valence-electron chi connectivity index (χ0n) is 15.9. The average molecular weight is 352 g/mol. The normalized spacial score (nSPS) is 28.2. The number of carbonyl (C=O) groups is 1. The largest absolute Gasteiger partial charge is 0.385 e. The van der Waals surface area contributed by atoms with Crippen molar-refractivity contribution >= 4 is 5.91 Å². The molecule has 1 aromatic heterocycles. The molecular weight excluding hydrogens is 324 g/mol. The highest BCUT2D eigenvalue weighted by atomic mass is 16.3. The van der Waals surface area contributed by atoms with Crippen LogP contribution in [0.4, 0.5) is 0 Å². The van der Waals surface area contributed by atoms with Gasteiger partial charge in [0.15, 0.2) is 0 Å². The fraction of sp³-hybridized carbons (Fsp3) is 0.500. The van der Waals surface area contributed by atoms with Crippen LogP contribution in [0.3, 0.4) is 0 Å². The molecule has 1 aromatic carbocycles. The minimum absolute atomic E-state index is 0.107. The predicted octanol–water partition coefficient (Wildman–Crippen LogP) is 3.40. The summed E-state index contributed by atoms with van der Waals surface area (Å²) in [6.45, 7) is 5.43. The van der Waals surface area contributed by atoms with Gasteiger partial charge in [-0.1, -0.05) is 30.3 Å². The lowest BCUT2D eigenvalue weighted by Crippen LogP contribution is -2.42. The number of amides is 1. The summed E-state index contributed by atoms with van der Waals surface area (Å²) in [7, 11) is 2.00. The second-order valence-electron chi connectivity index (χ2n) is 8.10. The van der Waals surface area contributed by atoms with E-state index in [1.807, 2.05) is 62.2 Å². The Balaban J connectivity index is 1.62. The van der Waals surface area contributed by atoms with Crippen molar-refractivity contribution in [2.75, 3.05) is 13.1 Å². The van der Waals surface area contributed by atoms with Crippen LogP contribution in [0.1, 0.15) is 46.6 Å². The van der Waals surface area contributed by atoms with Gasteiger partial charge in [-0.2, -0.15) is 0 Å². The van der Waals surface area contributed by atoms with Gasteiger partial charge in [0.25, 0.3) is 5.91 Å². The van der Waals surface area contributed by atoms with Gasteiger partial charge in [-0.25, -0.2) is 0 Å². The van der Waals surface area contributed by atoms with E-state index in [9.17, 15) is 9.90 Å². The first kappa shape index (κ1) is 17.3. The highest BCUT2D eigenvalue weighted by Crippen LogP contribution is 2.48. The van der Waals surface area contributed by atoms with Crippen LogP contribution in [0.15, 0.2) is 36.4 Å². The fourth-order valence-electron chi connectivity index (χ4n) is 5.02. The molecule has 4 rings (SSSR count). The van der Waals surface area contributed by atoms with Crippen molar-refractivity contribution in [1.29, 1.82) is 0 Å². The van der Waals surface area contributed by atoms with Crippen molar-refractivity contribution in [3.63, 3.8) is 0 Å². The van der Waals surface area contributed by atoms with Crippen LogP contribution < -0.4 is 0 Å². The molecule has 4 heteroatoms. The maximum absolute atomic E-state index is 13.2. The summed E-state index contributed by atoms with van der Waals surface area (Å²) in [5.74, 6) is 0.603. The van der Waals surface area contributed by atoms with E-state index < -0.39 is 5.60 Å². The van der Waals surface area contributed by atoms with Gasteiger partial charge in [0.2, 0.25) is 0 Å². The zero-order valence-corrected chi connectivity index (χ0v) is 15.9. The van der Waals surface area contributed by atoms with Crippen molar-refractivity contribution < 1.29 is 9.90 Å². The summed E-state index contributed by atoms with van der Waals surface area (Å²) in [6, 6.07) is 12.0. The molecule has 1 aliphatic heterocycles. The molecule has 2 heterocycles.